The molecule has 0 heterocycles. The van der Waals surface area contributed by atoms with Crippen LogP contribution in [0.25, 0.3) is 0 Å². The molecule has 1 atom stereocenters. The smallest absolute Gasteiger partial charge is 0.444 e. The highest BCUT2D eigenvalue weighted by atomic mass is 31.1. The van der Waals surface area contributed by atoms with E-state index >= 15 is 0 Å². The lowest BCUT2D eigenvalue weighted by Crippen LogP contribution is -2.37. The number of quaternary nitrogens is 1. The molecule has 0 aliphatic carbocycles. The lowest BCUT2D eigenvalue weighted by Gasteiger charge is -2.21. The SMILES string of the molecule is CC(C)(C)OC(=O)NCCCO[P+](=O)OCC[N+](C)(C)C. The number of nitrogens with zero attached hydrogens (tertiary/aromatic N) is 1. The van der Waals surface area contributed by atoms with Crippen molar-refractivity contribution in [2.45, 2.75) is 32.8 Å². The van der Waals surface area contributed by atoms with Gasteiger partial charge in [-0.3, -0.25) is 0 Å². The highest BCUT2D eigenvalue weighted by molar-refractivity contribution is 7.33. The van der Waals surface area contributed by atoms with Crippen LogP contribution in [0.2, 0.25) is 0 Å². The van der Waals surface area contributed by atoms with Crippen molar-refractivity contribution in [2.24, 2.45) is 0 Å². The molecule has 0 aliphatic rings. The van der Waals surface area contributed by atoms with E-state index in [1.165, 1.54) is 0 Å². The summed E-state index contributed by atoms with van der Waals surface area (Å²) in [6.07, 6.45) is 0.0741. The number of nitrogens with one attached hydrogen (secondary N) is 1. The Morgan fingerprint density at radius 3 is 2.24 bits per heavy atom. The Hall–Kier alpha value is -0.750. The van der Waals surface area contributed by atoms with Crippen LogP contribution in [-0.4, -0.2) is 63.6 Å². The minimum absolute atomic E-state index is 0.259. The lowest BCUT2D eigenvalue weighted by molar-refractivity contribution is -0.870. The second kappa shape index (κ2) is 9.30. The van der Waals surface area contributed by atoms with Crippen molar-refractivity contribution in [2.75, 3.05) is 47.4 Å². The summed E-state index contributed by atoms with van der Waals surface area (Å²) in [5, 5.41) is 2.60. The van der Waals surface area contributed by atoms with Crippen molar-refractivity contribution in [3.8, 4) is 0 Å². The Morgan fingerprint density at radius 2 is 1.71 bits per heavy atom. The second-order valence-electron chi connectivity index (χ2n) is 6.69. The average Bonchev–Trinajstić information content (AvgIpc) is 2.24. The van der Waals surface area contributed by atoms with Gasteiger partial charge in [-0.15, -0.1) is 9.05 Å². The Balaban J connectivity index is 3.55. The largest absolute Gasteiger partial charge is 0.697 e. The number of carbonyl (C=O) groups is 1. The fourth-order valence-corrected chi connectivity index (χ4v) is 1.73. The van der Waals surface area contributed by atoms with Crippen LogP contribution in [0, 0.1) is 0 Å². The summed E-state index contributed by atoms with van der Waals surface area (Å²) < 4.78 is 27.3. The second-order valence-corrected chi connectivity index (χ2v) is 7.65. The topological polar surface area (TPSA) is 73.9 Å². The molecule has 21 heavy (non-hydrogen) atoms. The Kier molecular flexibility index (Phi) is 8.97. The van der Waals surface area contributed by atoms with Crippen molar-refractivity contribution in [1.29, 1.82) is 0 Å². The van der Waals surface area contributed by atoms with Gasteiger partial charge in [0.05, 0.1) is 21.1 Å². The van der Waals surface area contributed by atoms with Gasteiger partial charge < -0.3 is 14.5 Å². The van der Waals surface area contributed by atoms with E-state index in [1.54, 1.807) is 20.8 Å². The number of hydrogen-bond acceptors (Lipinski definition) is 5. The van der Waals surface area contributed by atoms with Crippen LogP contribution in [0.5, 0.6) is 0 Å². The van der Waals surface area contributed by atoms with E-state index in [9.17, 15) is 9.36 Å². The molecule has 1 N–H and O–H groups in total. The zero-order valence-electron chi connectivity index (χ0n) is 14.0. The number of ether oxygens (including phenoxy) is 1. The fraction of sp³-hybridized carbons (Fsp3) is 0.923. The molecule has 124 valence electrons. The number of amides is 1. The first-order valence-electron chi connectivity index (χ1n) is 7.00. The Bertz CT molecular complexity index is 336. The Labute approximate surface area is 128 Å². The summed E-state index contributed by atoms with van der Waals surface area (Å²) >= 11 is 0. The van der Waals surface area contributed by atoms with Crippen molar-refractivity contribution in [3.05, 3.63) is 0 Å². The van der Waals surface area contributed by atoms with Crippen LogP contribution in [0.4, 0.5) is 4.79 Å². The van der Waals surface area contributed by atoms with Crippen LogP contribution >= 0.6 is 8.25 Å². The van der Waals surface area contributed by atoms with Gasteiger partial charge in [0.15, 0.2) is 6.61 Å². The van der Waals surface area contributed by atoms with Gasteiger partial charge in [0.2, 0.25) is 0 Å². The number of hydrogen-bond donors (Lipinski definition) is 1. The van der Waals surface area contributed by atoms with Crippen LogP contribution in [-0.2, 0) is 18.3 Å². The maximum atomic E-state index is 11.4. The summed E-state index contributed by atoms with van der Waals surface area (Å²) in [5.41, 5.74) is -0.511. The van der Waals surface area contributed by atoms with Crippen LogP contribution < -0.4 is 5.32 Å². The maximum absolute atomic E-state index is 11.4. The summed E-state index contributed by atoms with van der Waals surface area (Å²) in [4.78, 5) is 11.3. The van der Waals surface area contributed by atoms with Crippen LogP contribution in [0.3, 0.4) is 0 Å². The molecule has 0 radical (unpaired) electrons. The molecule has 7 nitrogen and oxygen atoms in total. The van der Waals surface area contributed by atoms with E-state index in [0.29, 0.717) is 19.6 Å². The van der Waals surface area contributed by atoms with Gasteiger partial charge in [-0.2, -0.15) is 0 Å². The summed E-state index contributed by atoms with van der Waals surface area (Å²) in [6.45, 7) is 7.20. The van der Waals surface area contributed by atoms with Crippen LogP contribution in [0.1, 0.15) is 27.2 Å². The molecular formula is C13H29N2O5P+2. The summed E-state index contributed by atoms with van der Waals surface area (Å²) in [7, 11) is 3.99. The standard InChI is InChI=1S/C13H28N2O5P/c1-13(2,3)20-12(16)14-8-7-10-18-21(17)19-11-9-15(4,5)6/h7-11H2,1-6H3/q+1/p+1. The molecule has 0 saturated carbocycles. The van der Waals surface area contributed by atoms with Crippen molar-refractivity contribution >= 4 is 14.3 Å². The fourth-order valence-electron chi connectivity index (χ4n) is 1.14. The van der Waals surface area contributed by atoms with E-state index < -0.39 is 19.9 Å². The van der Waals surface area contributed by atoms with Crippen molar-refractivity contribution in [1.82, 2.24) is 5.32 Å². The third kappa shape index (κ3) is 15.5. The molecule has 0 spiro atoms. The number of likely N-dealkylation sites (N-methyl/N-ethyl adjacent to an activating group) is 1. The van der Waals surface area contributed by atoms with E-state index in [2.05, 4.69) is 5.32 Å². The van der Waals surface area contributed by atoms with Gasteiger partial charge in [-0.05, 0) is 27.2 Å². The zero-order chi connectivity index (χ0) is 16.5. The van der Waals surface area contributed by atoms with E-state index in [4.69, 9.17) is 13.8 Å². The molecule has 0 aliphatic heterocycles. The number of carbonyl (C=O) groups excluding carboxylic acids is 1. The average molecular weight is 324 g/mol. The quantitative estimate of drug-likeness (QED) is 0.400. The highest BCUT2D eigenvalue weighted by Gasteiger charge is 2.22. The van der Waals surface area contributed by atoms with Gasteiger partial charge in [-0.25, -0.2) is 4.79 Å². The molecule has 1 unspecified atom stereocenters. The lowest BCUT2D eigenvalue weighted by atomic mass is 10.2. The molecule has 0 aromatic carbocycles. The van der Waals surface area contributed by atoms with Gasteiger partial charge in [0.25, 0.3) is 0 Å². The monoisotopic (exact) mass is 324 g/mol. The van der Waals surface area contributed by atoms with Crippen molar-refractivity contribution in [3.63, 3.8) is 0 Å². The summed E-state index contributed by atoms with van der Waals surface area (Å²) in [6, 6.07) is 0. The number of alkyl carbamates (subject to hydrolysis) is 1. The first kappa shape index (κ1) is 20.2. The molecule has 0 aromatic heterocycles. The molecule has 1 amide bonds. The molecule has 0 bridgehead atoms. The molecule has 0 aromatic rings. The van der Waals surface area contributed by atoms with Gasteiger partial charge in [0.1, 0.15) is 18.8 Å². The predicted octanol–water partition coefficient (Wildman–Crippen LogP) is 2.30. The first-order valence-corrected chi connectivity index (χ1v) is 8.09. The van der Waals surface area contributed by atoms with Crippen molar-refractivity contribution < 1.29 is 27.6 Å². The molecule has 0 saturated heterocycles. The van der Waals surface area contributed by atoms with Gasteiger partial charge in [0, 0.05) is 11.1 Å². The first-order chi connectivity index (χ1) is 9.49. The van der Waals surface area contributed by atoms with E-state index in [0.717, 1.165) is 11.0 Å². The zero-order valence-corrected chi connectivity index (χ0v) is 14.9. The Morgan fingerprint density at radius 1 is 1.14 bits per heavy atom. The van der Waals surface area contributed by atoms with E-state index in [-0.39, 0.29) is 6.61 Å². The van der Waals surface area contributed by atoms with E-state index in [1.807, 2.05) is 21.1 Å². The third-order valence-corrected chi connectivity index (χ3v) is 2.93. The molecule has 0 fully saturated rings. The van der Waals surface area contributed by atoms with Crippen LogP contribution in [0.15, 0.2) is 0 Å². The summed E-state index contributed by atoms with van der Waals surface area (Å²) in [5.74, 6) is 0. The number of rotatable bonds is 9. The third-order valence-electron chi connectivity index (χ3n) is 2.14. The molecular weight excluding hydrogens is 295 g/mol. The minimum atomic E-state index is -2.09. The molecule has 0 rings (SSSR count). The minimum Gasteiger partial charge on any atom is -0.444 e. The maximum Gasteiger partial charge on any atom is 0.697 e. The van der Waals surface area contributed by atoms with Gasteiger partial charge in [-0.1, -0.05) is 0 Å². The normalized spacial score (nSPS) is 13.0. The highest BCUT2D eigenvalue weighted by Crippen LogP contribution is 2.23. The molecule has 8 heteroatoms. The predicted molar refractivity (Wildman–Crippen MR) is 81.3 cm³/mol. The van der Waals surface area contributed by atoms with Gasteiger partial charge >= 0.3 is 14.3 Å².